The van der Waals surface area contributed by atoms with Crippen molar-refractivity contribution in [2.45, 2.75) is 13.8 Å². The van der Waals surface area contributed by atoms with Crippen LogP contribution in [0.25, 0.3) is 0 Å². The molecule has 7 nitrogen and oxygen atoms in total. The molecule has 8 heteroatoms. The van der Waals surface area contributed by atoms with Gasteiger partial charge < -0.3 is 10.1 Å². The molecule has 0 spiro atoms. The van der Waals surface area contributed by atoms with Gasteiger partial charge in [0.25, 0.3) is 0 Å². The average Bonchev–Trinajstić information content (AvgIpc) is 2.40. The third kappa shape index (κ3) is 3.57. The molecule has 0 bridgehead atoms. The number of hydrogen-bond acceptors (Lipinski definition) is 6. The van der Waals surface area contributed by atoms with Crippen LogP contribution in [0.4, 0.5) is 17.2 Å². The third-order valence-electron chi connectivity index (χ3n) is 2.64. The van der Waals surface area contributed by atoms with E-state index in [9.17, 15) is 10.1 Å². The SMILES string of the molecule is CCOc1ccc(Nc2nc(Cl)nc(C)c2[N+](=O)[O-])cc1. The quantitative estimate of drug-likeness (QED) is 0.516. The molecule has 1 aromatic carbocycles. The predicted molar refractivity (Wildman–Crippen MR) is 79.3 cm³/mol. The number of anilines is 2. The Labute approximate surface area is 126 Å². The smallest absolute Gasteiger partial charge is 0.332 e. The van der Waals surface area contributed by atoms with Crippen LogP contribution in [-0.4, -0.2) is 21.5 Å². The van der Waals surface area contributed by atoms with Crippen molar-refractivity contribution in [2.24, 2.45) is 0 Å². The van der Waals surface area contributed by atoms with Crippen molar-refractivity contribution >= 4 is 28.8 Å². The minimum absolute atomic E-state index is 0.0495. The van der Waals surface area contributed by atoms with Crippen LogP contribution in [0, 0.1) is 17.0 Å². The summed E-state index contributed by atoms with van der Waals surface area (Å²) in [5, 5.41) is 13.9. The molecular weight excluding hydrogens is 296 g/mol. The van der Waals surface area contributed by atoms with E-state index in [1.165, 1.54) is 6.92 Å². The third-order valence-corrected chi connectivity index (χ3v) is 2.81. The maximum atomic E-state index is 11.1. The van der Waals surface area contributed by atoms with Crippen molar-refractivity contribution in [2.75, 3.05) is 11.9 Å². The van der Waals surface area contributed by atoms with Crippen LogP contribution in [0.15, 0.2) is 24.3 Å². The van der Waals surface area contributed by atoms with Gasteiger partial charge in [0, 0.05) is 5.69 Å². The summed E-state index contributed by atoms with van der Waals surface area (Å²) in [7, 11) is 0. The van der Waals surface area contributed by atoms with Gasteiger partial charge in [-0.15, -0.1) is 0 Å². The molecule has 21 heavy (non-hydrogen) atoms. The van der Waals surface area contributed by atoms with Crippen LogP contribution in [0.2, 0.25) is 5.28 Å². The Morgan fingerprint density at radius 1 is 1.33 bits per heavy atom. The van der Waals surface area contributed by atoms with Crippen molar-refractivity contribution < 1.29 is 9.66 Å². The zero-order valence-electron chi connectivity index (χ0n) is 11.5. The van der Waals surface area contributed by atoms with Crippen molar-refractivity contribution in [3.8, 4) is 5.75 Å². The predicted octanol–water partition coefficient (Wildman–Crippen LogP) is 3.49. The largest absolute Gasteiger partial charge is 0.494 e. The molecule has 0 aliphatic carbocycles. The highest BCUT2D eigenvalue weighted by Gasteiger charge is 2.21. The summed E-state index contributed by atoms with van der Waals surface area (Å²) in [5.41, 5.74) is 0.637. The molecule has 2 rings (SSSR count). The van der Waals surface area contributed by atoms with Gasteiger partial charge in [-0.3, -0.25) is 10.1 Å². The van der Waals surface area contributed by atoms with E-state index in [-0.39, 0.29) is 22.5 Å². The second-order valence-electron chi connectivity index (χ2n) is 4.11. The van der Waals surface area contributed by atoms with Crippen molar-refractivity contribution in [3.05, 3.63) is 45.4 Å². The number of nitro groups is 1. The van der Waals surface area contributed by atoms with Gasteiger partial charge in [-0.2, -0.15) is 4.98 Å². The Kier molecular flexibility index (Phi) is 4.54. The van der Waals surface area contributed by atoms with Crippen LogP contribution in [0.3, 0.4) is 0 Å². The molecule has 110 valence electrons. The first kappa shape index (κ1) is 15.0. The summed E-state index contributed by atoms with van der Waals surface area (Å²) < 4.78 is 5.33. The molecule has 1 N–H and O–H groups in total. The van der Waals surface area contributed by atoms with E-state index in [1.807, 2.05) is 6.92 Å². The first-order valence-corrected chi connectivity index (χ1v) is 6.57. The Bertz CT molecular complexity index is 661. The van der Waals surface area contributed by atoms with Crippen molar-refractivity contribution in [3.63, 3.8) is 0 Å². The lowest BCUT2D eigenvalue weighted by Gasteiger charge is -2.09. The molecule has 1 aromatic heterocycles. The van der Waals surface area contributed by atoms with Gasteiger partial charge in [0.05, 0.1) is 11.5 Å². The topological polar surface area (TPSA) is 90.2 Å². The Hall–Kier alpha value is -2.41. The molecule has 0 fully saturated rings. The number of benzene rings is 1. The number of rotatable bonds is 5. The normalized spacial score (nSPS) is 10.2. The van der Waals surface area contributed by atoms with E-state index >= 15 is 0 Å². The number of nitrogens with one attached hydrogen (secondary N) is 1. The monoisotopic (exact) mass is 308 g/mol. The van der Waals surface area contributed by atoms with Crippen molar-refractivity contribution in [1.82, 2.24) is 9.97 Å². The number of nitrogens with zero attached hydrogens (tertiary/aromatic N) is 3. The Morgan fingerprint density at radius 2 is 2.00 bits per heavy atom. The summed E-state index contributed by atoms with van der Waals surface area (Å²) in [6, 6.07) is 6.99. The standard InChI is InChI=1S/C13H13ClN4O3/c1-3-21-10-6-4-9(5-7-10)16-12-11(18(19)20)8(2)15-13(14)17-12/h4-7H,3H2,1-2H3,(H,15,16,17). The summed E-state index contributed by atoms with van der Waals surface area (Å²) in [4.78, 5) is 18.2. The van der Waals surface area contributed by atoms with Gasteiger partial charge in [-0.25, -0.2) is 4.98 Å². The summed E-state index contributed by atoms with van der Waals surface area (Å²) in [5.74, 6) is 0.774. The molecule has 0 unspecified atom stereocenters. The molecule has 0 amide bonds. The molecular formula is C13H13ClN4O3. The number of aryl methyl sites for hydroxylation is 1. The van der Waals surface area contributed by atoms with Crippen LogP contribution in [0.1, 0.15) is 12.6 Å². The van der Waals surface area contributed by atoms with Gasteiger partial charge in [0.15, 0.2) is 0 Å². The summed E-state index contributed by atoms with van der Waals surface area (Å²) in [6.07, 6.45) is 0. The first-order valence-electron chi connectivity index (χ1n) is 6.19. The summed E-state index contributed by atoms with van der Waals surface area (Å²) in [6.45, 7) is 3.97. The van der Waals surface area contributed by atoms with Gasteiger partial charge in [0.2, 0.25) is 11.1 Å². The average molecular weight is 309 g/mol. The number of ether oxygens (including phenoxy) is 1. The highest BCUT2D eigenvalue weighted by molar-refractivity contribution is 6.28. The highest BCUT2D eigenvalue weighted by atomic mass is 35.5. The van der Waals surface area contributed by atoms with E-state index in [0.717, 1.165) is 5.75 Å². The zero-order valence-corrected chi connectivity index (χ0v) is 12.2. The molecule has 0 saturated heterocycles. The fourth-order valence-corrected chi connectivity index (χ4v) is 1.99. The second-order valence-corrected chi connectivity index (χ2v) is 4.45. The van der Waals surface area contributed by atoms with Gasteiger partial charge in [-0.05, 0) is 49.7 Å². The first-order chi connectivity index (χ1) is 10.0. The van der Waals surface area contributed by atoms with Crippen molar-refractivity contribution in [1.29, 1.82) is 0 Å². The Balaban J connectivity index is 2.32. The number of hydrogen-bond donors (Lipinski definition) is 1. The molecule has 0 atom stereocenters. The van der Waals surface area contributed by atoms with Gasteiger partial charge >= 0.3 is 5.69 Å². The van der Waals surface area contributed by atoms with Gasteiger partial charge in [0.1, 0.15) is 11.4 Å². The minimum Gasteiger partial charge on any atom is -0.494 e. The lowest BCUT2D eigenvalue weighted by molar-refractivity contribution is -0.385. The van der Waals surface area contributed by atoms with Crippen LogP contribution in [0.5, 0.6) is 5.75 Å². The Morgan fingerprint density at radius 3 is 2.57 bits per heavy atom. The fourth-order valence-electron chi connectivity index (χ4n) is 1.78. The molecule has 0 saturated carbocycles. The van der Waals surface area contributed by atoms with E-state index in [1.54, 1.807) is 24.3 Å². The van der Waals surface area contributed by atoms with Gasteiger partial charge in [-0.1, -0.05) is 0 Å². The molecule has 0 radical (unpaired) electrons. The van der Waals surface area contributed by atoms with E-state index in [2.05, 4.69) is 15.3 Å². The number of halogens is 1. The molecule has 0 aliphatic heterocycles. The summed E-state index contributed by atoms with van der Waals surface area (Å²) >= 11 is 5.75. The van der Waals surface area contributed by atoms with Crippen LogP contribution >= 0.6 is 11.6 Å². The van der Waals surface area contributed by atoms with Crippen LogP contribution < -0.4 is 10.1 Å². The molecule has 2 aromatic rings. The van der Waals surface area contributed by atoms with E-state index in [4.69, 9.17) is 16.3 Å². The number of aromatic nitrogens is 2. The minimum atomic E-state index is -0.539. The lowest BCUT2D eigenvalue weighted by Crippen LogP contribution is -2.04. The lowest BCUT2D eigenvalue weighted by atomic mass is 10.3. The second kappa shape index (κ2) is 6.36. The van der Waals surface area contributed by atoms with E-state index in [0.29, 0.717) is 12.3 Å². The maximum absolute atomic E-state index is 11.1. The maximum Gasteiger partial charge on any atom is 0.332 e. The van der Waals surface area contributed by atoms with E-state index < -0.39 is 4.92 Å². The zero-order chi connectivity index (χ0) is 15.4. The molecule has 1 heterocycles. The van der Waals surface area contributed by atoms with Crippen LogP contribution in [-0.2, 0) is 0 Å². The fraction of sp³-hybridized carbons (Fsp3) is 0.231. The highest BCUT2D eigenvalue weighted by Crippen LogP contribution is 2.29. The molecule has 0 aliphatic rings.